The molecule has 0 aliphatic carbocycles. The standard InChI is InChI=1S/C22H17N2O4S/c1-14-7-8-16(13-15(14)2)23-29(27,28)18-11-9-17(10-12-18)24-21(25)19-5-3-4-6-20(19)22(24)26/h3-13H,1-2H3/q-1. The van der Waals surface area contributed by atoms with Crippen LogP contribution in [0, 0.1) is 13.8 Å². The number of hydrogen-bond acceptors (Lipinski definition) is 4. The molecule has 0 unspecified atom stereocenters. The second kappa shape index (κ2) is 6.86. The number of rotatable bonds is 4. The van der Waals surface area contributed by atoms with Crippen LogP contribution in [0.3, 0.4) is 0 Å². The highest BCUT2D eigenvalue weighted by atomic mass is 32.2. The zero-order valence-corrected chi connectivity index (χ0v) is 16.6. The van der Waals surface area contributed by atoms with Gasteiger partial charge in [0.25, 0.3) is 11.8 Å². The average molecular weight is 405 g/mol. The Labute approximate surface area is 168 Å². The number of nitrogens with zero attached hydrogens (tertiary/aromatic N) is 2. The molecule has 29 heavy (non-hydrogen) atoms. The molecular weight excluding hydrogens is 388 g/mol. The summed E-state index contributed by atoms with van der Waals surface area (Å²) in [5.41, 5.74) is 3.31. The van der Waals surface area contributed by atoms with Crippen LogP contribution in [0.5, 0.6) is 0 Å². The average Bonchev–Trinajstić information content (AvgIpc) is 2.95. The Hall–Kier alpha value is -3.45. The van der Waals surface area contributed by atoms with Gasteiger partial charge in [-0.1, -0.05) is 30.3 Å². The Kier molecular flexibility index (Phi) is 4.47. The Morgan fingerprint density at radius 1 is 0.759 bits per heavy atom. The monoisotopic (exact) mass is 405 g/mol. The molecule has 1 aliphatic heterocycles. The first kappa shape index (κ1) is 18.9. The molecule has 4 rings (SSSR count). The second-order valence-electron chi connectivity index (χ2n) is 6.82. The van der Waals surface area contributed by atoms with Crippen LogP contribution >= 0.6 is 0 Å². The zero-order valence-electron chi connectivity index (χ0n) is 15.8. The van der Waals surface area contributed by atoms with Gasteiger partial charge in [0, 0.05) is 0 Å². The van der Waals surface area contributed by atoms with Gasteiger partial charge in [0.2, 0.25) is 0 Å². The highest BCUT2D eigenvalue weighted by molar-refractivity contribution is 7.94. The summed E-state index contributed by atoms with van der Waals surface area (Å²) >= 11 is 0. The summed E-state index contributed by atoms with van der Waals surface area (Å²) < 4.78 is 29.1. The Morgan fingerprint density at radius 3 is 1.90 bits per heavy atom. The molecule has 146 valence electrons. The van der Waals surface area contributed by atoms with E-state index in [9.17, 15) is 18.0 Å². The smallest absolute Gasteiger partial charge is 0.266 e. The molecule has 0 bridgehead atoms. The SMILES string of the molecule is Cc1ccc([N-]S(=O)(=O)c2ccc(N3C(=O)c4ccccc4C3=O)cc2)cc1C. The molecule has 0 saturated heterocycles. The predicted octanol–water partition coefficient (Wildman–Crippen LogP) is 4.50. The summed E-state index contributed by atoms with van der Waals surface area (Å²) in [6.07, 6.45) is 0. The summed E-state index contributed by atoms with van der Waals surface area (Å²) in [4.78, 5) is 26.1. The van der Waals surface area contributed by atoms with E-state index >= 15 is 0 Å². The second-order valence-corrected chi connectivity index (χ2v) is 8.42. The van der Waals surface area contributed by atoms with Crippen molar-refractivity contribution < 1.29 is 18.0 Å². The quantitative estimate of drug-likeness (QED) is 0.598. The molecule has 0 fully saturated rings. The van der Waals surface area contributed by atoms with E-state index < -0.39 is 21.8 Å². The van der Waals surface area contributed by atoms with Gasteiger partial charge in [0.05, 0.1) is 21.7 Å². The van der Waals surface area contributed by atoms with Crippen molar-refractivity contribution in [3.63, 3.8) is 0 Å². The van der Waals surface area contributed by atoms with E-state index in [1.807, 2.05) is 19.9 Å². The summed E-state index contributed by atoms with van der Waals surface area (Å²) in [7, 11) is -3.93. The molecule has 0 spiro atoms. The van der Waals surface area contributed by atoms with Crippen LogP contribution in [-0.2, 0) is 10.0 Å². The van der Waals surface area contributed by atoms with Crippen LogP contribution in [-0.4, -0.2) is 20.2 Å². The van der Waals surface area contributed by atoms with Gasteiger partial charge in [-0.25, -0.2) is 13.3 Å². The fourth-order valence-electron chi connectivity index (χ4n) is 3.16. The molecule has 1 aliphatic rings. The predicted molar refractivity (Wildman–Crippen MR) is 110 cm³/mol. The van der Waals surface area contributed by atoms with Gasteiger partial charge in [-0.2, -0.15) is 0 Å². The molecule has 3 aromatic rings. The van der Waals surface area contributed by atoms with E-state index in [1.165, 1.54) is 24.3 Å². The lowest BCUT2D eigenvalue weighted by Crippen LogP contribution is -2.29. The van der Waals surface area contributed by atoms with Gasteiger partial charge in [-0.15, -0.1) is 5.69 Å². The third kappa shape index (κ3) is 3.30. The maximum atomic E-state index is 12.6. The van der Waals surface area contributed by atoms with E-state index in [0.29, 0.717) is 22.5 Å². The van der Waals surface area contributed by atoms with E-state index in [1.54, 1.807) is 36.4 Å². The summed E-state index contributed by atoms with van der Waals surface area (Å²) in [5, 5.41) is 0. The van der Waals surface area contributed by atoms with Gasteiger partial charge in [0.1, 0.15) is 10.0 Å². The number of carbonyl (C=O) groups excluding carboxylic acids is 2. The van der Waals surface area contributed by atoms with E-state index in [0.717, 1.165) is 16.0 Å². The Balaban J connectivity index is 1.60. The third-order valence-corrected chi connectivity index (χ3v) is 6.22. The number of carbonyl (C=O) groups is 2. The Bertz CT molecular complexity index is 1210. The fraction of sp³-hybridized carbons (Fsp3) is 0.0909. The number of sulfonamides is 1. The van der Waals surface area contributed by atoms with Gasteiger partial charge >= 0.3 is 0 Å². The number of hydrogen-bond donors (Lipinski definition) is 0. The largest absolute Gasteiger partial charge is 0.573 e. The molecule has 0 saturated carbocycles. The molecule has 3 aromatic carbocycles. The highest BCUT2D eigenvalue weighted by Crippen LogP contribution is 2.32. The van der Waals surface area contributed by atoms with E-state index in [2.05, 4.69) is 4.72 Å². The van der Waals surface area contributed by atoms with Crippen molar-refractivity contribution in [3.05, 3.63) is 93.7 Å². The maximum absolute atomic E-state index is 12.6. The van der Waals surface area contributed by atoms with Crippen molar-refractivity contribution in [1.82, 2.24) is 0 Å². The van der Waals surface area contributed by atoms with Crippen LogP contribution in [0.1, 0.15) is 31.8 Å². The lowest BCUT2D eigenvalue weighted by molar-refractivity contribution is 0.0926. The number of anilines is 1. The van der Waals surface area contributed by atoms with Gasteiger partial charge < -0.3 is 4.72 Å². The minimum absolute atomic E-state index is 0.0175. The molecule has 2 amide bonds. The van der Waals surface area contributed by atoms with Gasteiger partial charge in [0.15, 0.2) is 0 Å². The van der Waals surface area contributed by atoms with Crippen molar-refractivity contribution >= 4 is 33.2 Å². The number of aryl methyl sites for hydroxylation is 2. The van der Waals surface area contributed by atoms with Crippen LogP contribution in [0.4, 0.5) is 11.4 Å². The normalized spacial score (nSPS) is 13.5. The number of amides is 2. The number of fused-ring (bicyclic) bond motifs is 1. The van der Waals surface area contributed by atoms with Crippen LogP contribution in [0.25, 0.3) is 4.72 Å². The molecule has 0 atom stereocenters. The first-order chi connectivity index (χ1) is 13.8. The van der Waals surface area contributed by atoms with Gasteiger partial charge in [-0.3, -0.25) is 9.59 Å². The third-order valence-electron chi connectivity index (χ3n) is 4.90. The lowest BCUT2D eigenvalue weighted by Gasteiger charge is -2.23. The summed E-state index contributed by atoms with van der Waals surface area (Å²) in [6, 6.07) is 17.3. The lowest BCUT2D eigenvalue weighted by atomic mass is 10.1. The minimum Gasteiger partial charge on any atom is -0.573 e. The molecule has 0 N–H and O–H groups in total. The molecule has 1 heterocycles. The molecule has 0 radical (unpaired) electrons. The van der Waals surface area contributed by atoms with Gasteiger partial charge in [-0.05, 0) is 61.4 Å². The fourth-order valence-corrected chi connectivity index (χ4v) is 4.14. The van der Waals surface area contributed by atoms with E-state index in [-0.39, 0.29) is 4.90 Å². The van der Waals surface area contributed by atoms with Crippen LogP contribution < -0.4 is 4.90 Å². The van der Waals surface area contributed by atoms with Crippen LogP contribution in [0.15, 0.2) is 71.6 Å². The highest BCUT2D eigenvalue weighted by Gasteiger charge is 2.36. The van der Waals surface area contributed by atoms with E-state index in [4.69, 9.17) is 0 Å². The van der Waals surface area contributed by atoms with Crippen molar-refractivity contribution in [2.75, 3.05) is 4.90 Å². The molecule has 6 nitrogen and oxygen atoms in total. The van der Waals surface area contributed by atoms with Crippen molar-refractivity contribution in [3.8, 4) is 0 Å². The Morgan fingerprint density at radius 2 is 1.34 bits per heavy atom. The molecule has 0 aromatic heterocycles. The first-order valence-electron chi connectivity index (χ1n) is 8.91. The topological polar surface area (TPSA) is 85.6 Å². The maximum Gasteiger partial charge on any atom is 0.266 e. The molecular formula is C22H17N2O4S-. The van der Waals surface area contributed by atoms with Crippen molar-refractivity contribution in [2.45, 2.75) is 18.7 Å². The zero-order chi connectivity index (χ0) is 20.8. The first-order valence-corrected chi connectivity index (χ1v) is 10.3. The number of benzene rings is 3. The molecule has 7 heteroatoms. The summed E-state index contributed by atoms with van der Waals surface area (Å²) in [5.74, 6) is -0.859. The summed E-state index contributed by atoms with van der Waals surface area (Å²) in [6.45, 7) is 3.82. The van der Waals surface area contributed by atoms with Crippen molar-refractivity contribution in [2.24, 2.45) is 0 Å². The van der Waals surface area contributed by atoms with Crippen LogP contribution in [0.2, 0.25) is 0 Å². The minimum atomic E-state index is -3.93. The van der Waals surface area contributed by atoms with Crippen molar-refractivity contribution in [1.29, 1.82) is 0 Å². The number of imide groups is 1.